The Bertz CT molecular complexity index is 582. The van der Waals surface area contributed by atoms with Crippen molar-refractivity contribution in [2.24, 2.45) is 7.05 Å². The Balaban J connectivity index is 1.79. The minimum absolute atomic E-state index is 0.292. The van der Waals surface area contributed by atoms with E-state index in [2.05, 4.69) is 15.4 Å². The van der Waals surface area contributed by atoms with Crippen molar-refractivity contribution in [3.05, 3.63) is 35.2 Å². The quantitative estimate of drug-likeness (QED) is 0.896. The van der Waals surface area contributed by atoms with Crippen LogP contribution < -0.4 is 4.74 Å². The summed E-state index contributed by atoms with van der Waals surface area (Å²) in [5.74, 6) is 1.36. The van der Waals surface area contributed by atoms with Crippen molar-refractivity contribution in [2.45, 2.75) is 32.0 Å². The van der Waals surface area contributed by atoms with Crippen LogP contribution in [0.3, 0.4) is 0 Å². The Morgan fingerprint density at radius 3 is 3.16 bits per heavy atom. The zero-order valence-electron chi connectivity index (χ0n) is 10.8. The highest BCUT2D eigenvalue weighted by Gasteiger charge is 2.20. The van der Waals surface area contributed by atoms with Gasteiger partial charge in [-0.2, -0.15) is 4.80 Å². The monoisotopic (exact) mass is 260 g/mol. The first-order valence-corrected chi connectivity index (χ1v) is 6.39. The first-order valence-electron chi connectivity index (χ1n) is 6.39. The number of fused-ring (bicyclic) bond motifs is 1. The average molecular weight is 260 g/mol. The largest absolute Gasteiger partial charge is 0.485 e. The molecule has 0 spiro atoms. The smallest absolute Gasteiger partial charge is 0.212 e. The van der Waals surface area contributed by atoms with Gasteiger partial charge in [0, 0.05) is 0 Å². The fourth-order valence-electron chi connectivity index (χ4n) is 2.45. The Kier molecular flexibility index (Phi) is 3.16. The van der Waals surface area contributed by atoms with Crippen molar-refractivity contribution in [2.75, 3.05) is 0 Å². The van der Waals surface area contributed by atoms with Gasteiger partial charge >= 0.3 is 0 Å². The second-order valence-electron chi connectivity index (χ2n) is 4.72. The van der Waals surface area contributed by atoms with E-state index in [1.165, 1.54) is 4.80 Å². The molecule has 19 heavy (non-hydrogen) atoms. The number of rotatable bonds is 3. The molecule has 1 N–H and O–H groups in total. The fraction of sp³-hybridized carbons (Fsp3) is 0.462. The van der Waals surface area contributed by atoms with Crippen LogP contribution in [0.2, 0.25) is 0 Å². The summed E-state index contributed by atoms with van der Waals surface area (Å²) in [7, 11) is 1.72. The molecular formula is C13H16N4O2. The van der Waals surface area contributed by atoms with E-state index in [0.29, 0.717) is 12.4 Å². The van der Waals surface area contributed by atoms with Crippen LogP contribution in [0.4, 0.5) is 0 Å². The molecule has 0 saturated carbocycles. The van der Waals surface area contributed by atoms with E-state index in [9.17, 15) is 5.11 Å². The number of hydrogen-bond donors (Lipinski definition) is 1. The number of hydrogen-bond acceptors (Lipinski definition) is 5. The highest BCUT2D eigenvalue weighted by molar-refractivity contribution is 5.42. The molecular weight excluding hydrogens is 244 g/mol. The maximum Gasteiger partial charge on any atom is 0.212 e. The third-order valence-electron chi connectivity index (χ3n) is 3.34. The van der Waals surface area contributed by atoms with Gasteiger partial charge in [-0.1, -0.05) is 12.1 Å². The summed E-state index contributed by atoms with van der Waals surface area (Å²) in [5.41, 5.74) is 2.08. The maximum atomic E-state index is 9.98. The summed E-state index contributed by atoms with van der Waals surface area (Å²) in [6.07, 6.45) is 2.37. The molecule has 6 heteroatoms. The van der Waals surface area contributed by atoms with Crippen molar-refractivity contribution >= 4 is 0 Å². The summed E-state index contributed by atoms with van der Waals surface area (Å²) in [4.78, 5) is 1.41. The van der Waals surface area contributed by atoms with Gasteiger partial charge in [0.05, 0.1) is 13.2 Å². The van der Waals surface area contributed by atoms with Crippen LogP contribution in [0, 0.1) is 0 Å². The molecule has 1 heterocycles. The summed E-state index contributed by atoms with van der Waals surface area (Å²) in [6, 6.07) is 5.80. The first kappa shape index (κ1) is 12.1. The minimum atomic E-state index is -0.373. The topological polar surface area (TPSA) is 73.1 Å². The number of aliphatic hydroxyl groups is 1. The standard InChI is InChI=1S/C13H16N4O2/c1-17-15-13(14-16-17)8-19-12-7-3-4-9-10(12)5-2-6-11(9)18/h3-4,7,11,18H,2,5-6,8H2,1H3. The second-order valence-corrected chi connectivity index (χ2v) is 4.72. The molecule has 0 radical (unpaired) electrons. The van der Waals surface area contributed by atoms with E-state index in [0.717, 1.165) is 36.1 Å². The molecule has 3 rings (SSSR count). The minimum Gasteiger partial charge on any atom is -0.485 e. The van der Waals surface area contributed by atoms with Gasteiger partial charge in [0.1, 0.15) is 5.75 Å². The lowest BCUT2D eigenvalue weighted by molar-refractivity contribution is 0.155. The molecule has 0 fully saturated rings. The first-order chi connectivity index (χ1) is 9.24. The molecule has 0 saturated heterocycles. The van der Waals surface area contributed by atoms with Gasteiger partial charge < -0.3 is 9.84 Å². The Morgan fingerprint density at radius 1 is 1.47 bits per heavy atom. The van der Waals surface area contributed by atoms with E-state index in [1.54, 1.807) is 7.05 Å². The second kappa shape index (κ2) is 4.97. The molecule has 100 valence electrons. The number of ether oxygens (including phenoxy) is 1. The zero-order chi connectivity index (χ0) is 13.2. The van der Waals surface area contributed by atoms with Crippen molar-refractivity contribution < 1.29 is 9.84 Å². The highest BCUT2D eigenvalue weighted by atomic mass is 16.5. The van der Waals surface area contributed by atoms with Gasteiger partial charge in [-0.25, -0.2) is 0 Å². The Labute approximate surface area is 111 Å². The average Bonchev–Trinajstić information content (AvgIpc) is 2.83. The molecule has 0 amide bonds. The predicted molar refractivity (Wildman–Crippen MR) is 67.5 cm³/mol. The van der Waals surface area contributed by atoms with Crippen molar-refractivity contribution in [3.63, 3.8) is 0 Å². The van der Waals surface area contributed by atoms with E-state index in [1.807, 2.05) is 18.2 Å². The molecule has 1 atom stereocenters. The van der Waals surface area contributed by atoms with Gasteiger partial charge in [0.15, 0.2) is 6.61 Å². The Morgan fingerprint density at radius 2 is 2.37 bits per heavy atom. The number of aryl methyl sites for hydroxylation is 1. The molecule has 1 aromatic heterocycles. The molecule has 1 aromatic carbocycles. The highest BCUT2D eigenvalue weighted by Crippen LogP contribution is 2.35. The third kappa shape index (κ3) is 2.44. The fourth-order valence-corrected chi connectivity index (χ4v) is 2.45. The SMILES string of the molecule is Cn1nnc(COc2cccc3c2CCCC3O)n1. The molecule has 1 unspecified atom stereocenters. The van der Waals surface area contributed by atoms with Crippen LogP contribution in [0.5, 0.6) is 5.75 Å². The number of benzene rings is 1. The van der Waals surface area contributed by atoms with Crippen LogP contribution >= 0.6 is 0 Å². The van der Waals surface area contributed by atoms with Gasteiger partial charge in [0.2, 0.25) is 5.82 Å². The van der Waals surface area contributed by atoms with Gasteiger partial charge in [0.25, 0.3) is 0 Å². The summed E-state index contributed by atoms with van der Waals surface area (Å²) in [6.45, 7) is 0.292. The normalized spacial score (nSPS) is 18.1. The van der Waals surface area contributed by atoms with Crippen molar-refractivity contribution in [1.82, 2.24) is 20.2 Å². The van der Waals surface area contributed by atoms with Gasteiger partial charge in [-0.05, 0) is 41.7 Å². The van der Waals surface area contributed by atoms with Crippen LogP contribution in [-0.4, -0.2) is 25.3 Å². The predicted octanol–water partition coefficient (Wildman–Crippen LogP) is 1.16. The van der Waals surface area contributed by atoms with Crippen LogP contribution in [0.15, 0.2) is 18.2 Å². The van der Waals surface area contributed by atoms with Crippen molar-refractivity contribution in [3.8, 4) is 5.75 Å². The van der Waals surface area contributed by atoms with Crippen LogP contribution in [0.25, 0.3) is 0 Å². The molecule has 2 aromatic rings. The van der Waals surface area contributed by atoms with E-state index < -0.39 is 0 Å². The number of aromatic nitrogens is 4. The lowest BCUT2D eigenvalue weighted by Crippen LogP contribution is -2.11. The summed E-state index contributed by atoms with van der Waals surface area (Å²) >= 11 is 0. The number of aliphatic hydroxyl groups excluding tert-OH is 1. The number of tetrazole rings is 1. The lowest BCUT2D eigenvalue weighted by Gasteiger charge is -2.23. The van der Waals surface area contributed by atoms with Crippen LogP contribution in [-0.2, 0) is 20.1 Å². The molecule has 6 nitrogen and oxygen atoms in total. The lowest BCUT2D eigenvalue weighted by atomic mass is 9.89. The Hall–Kier alpha value is -1.95. The third-order valence-corrected chi connectivity index (χ3v) is 3.34. The molecule has 0 bridgehead atoms. The molecule has 0 aliphatic heterocycles. The van der Waals surface area contributed by atoms with E-state index >= 15 is 0 Å². The van der Waals surface area contributed by atoms with Crippen molar-refractivity contribution in [1.29, 1.82) is 0 Å². The number of nitrogens with zero attached hydrogens (tertiary/aromatic N) is 4. The van der Waals surface area contributed by atoms with E-state index in [-0.39, 0.29) is 6.10 Å². The summed E-state index contributed by atoms with van der Waals surface area (Å²) < 4.78 is 5.76. The maximum absolute atomic E-state index is 9.98. The van der Waals surface area contributed by atoms with E-state index in [4.69, 9.17) is 4.74 Å². The molecule has 1 aliphatic carbocycles. The van der Waals surface area contributed by atoms with Crippen LogP contribution in [0.1, 0.15) is 35.9 Å². The molecule has 1 aliphatic rings. The van der Waals surface area contributed by atoms with Gasteiger partial charge in [-0.15, -0.1) is 10.2 Å². The zero-order valence-corrected chi connectivity index (χ0v) is 10.8. The van der Waals surface area contributed by atoms with Gasteiger partial charge in [-0.3, -0.25) is 0 Å². The summed E-state index contributed by atoms with van der Waals surface area (Å²) in [5, 5.41) is 21.7.